The summed E-state index contributed by atoms with van der Waals surface area (Å²) >= 11 is 0. The topological polar surface area (TPSA) is 193 Å². The molecule has 0 amide bonds. The minimum atomic E-state index is -1.61. The minimum Gasteiger partial charge on any atom is -0.571 e. The van der Waals surface area contributed by atoms with E-state index in [-0.39, 0.29) is 40.7 Å². The number of ether oxygens (including phenoxy) is 3. The molecule has 4 rings (SSSR count). The van der Waals surface area contributed by atoms with Gasteiger partial charge in [-0.3, -0.25) is 0 Å². The van der Waals surface area contributed by atoms with Gasteiger partial charge in [-0.05, 0) is 12.1 Å². The maximum atomic E-state index is 10.2. The third-order valence-electron chi connectivity index (χ3n) is 5.06. The molecular formula is C20H21O11+. The molecule has 0 aliphatic carbocycles. The van der Waals surface area contributed by atoms with Crippen LogP contribution in [0.15, 0.2) is 30.0 Å². The molecule has 0 saturated carbocycles. The first-order chi connectivity index (χ1) is 14.7. The SMILES string of the molecule is Oc1cc(O)c2c(c1)[OH+]C(c1cc(O)c(O)c(O)c1)C(O[C@H]1OC[C@H](O)[C@H](O)[C@H]1O)=C2. The molecule has 1 fully saturated rings. The lowest BCUT2D eigenvalue weighted by molar-refractivity contribution is -0.263. The lowest BCUT2D eigenvalue weighted by Gasteiger charge is -2.36. The standard InChI is InChI=1S/C20H20O11/c21-8-3-10(22)9-5-15(31-20-18(28)17(27)13(25)6-29-20)19(30-14(9)4-8)7-1-11(23)16(26)12(24)2-7/h1-5,13,17-28H,6H2/p+1/t13-,17-,18+,19?,20+/m0/s1. The molecule has 166 valence electrons. The van der Waals surface area contributed by atoms with Gasteiger partial charge in [-0.25, -0.2) is 0 Å². The molecule has 11 heteroatoms. The molecule has 9 N–H and O–H groups in total. The first-order valence-corrected chi connectivity index (χ1v) is 9.21. The van der Waals surface area contributed by atoms with Crippen molar-refractivity contribution in [3.8, 4) is 34.5 Å². The average Bonchev–Trinajstić information content (AvgIpc) is 2.72. The Hall–Kier alpha value is -3.38. The molecule has 5 atom stereocenters. The number of benzene rings is 2. The zero-order valence-corrected chi connectivity index (χ0v) is 15.8. The second kappa shape index (κ2) is 7.71. The Balaban J connectivity index is 1.76. The van der Waals surface area contributed by atoms with Gasteiger partial charge in [-0.2, -0.15) is 0 Å². The van der Waals surface area contributed by atoms with Gasteiger partial charge in [0.25, 0.3) is 11.9 Å². The number of aliphatic hydroxyl groups excluding tert-OH is 3. The van der Waals surface area contributed by atoms with E-state index in [1.54, 1.807) is 0 Å². The van der Waals surface area contributed by atoms with Crippen LogP contribution in [0.1, 0.15) is 17.2 Å². The van der Waals surface area contributed by atoms with Crippen LogP contribution < -0.4 is 0 Å². The van der Waals surface area contributed by atoms with Crippen molar-refractivity contribution in [1.82, 2.24) is 0 Å². The number of aliphatic hydroxyl groups is 4. The van der Waals surface area contributed by atoms with Crippen molar-refractivity contribution in [1.29, 1.82) is 0 Å². The van der Waals surface area contributed by atoms with Crippen LogP contribution in [-0.2, 0) is 9.47 Å². The van der Waals surface area contributed by atoms with E-state index in [4.69, 9.17) is 9.47 Å². The van der Waals surface area contributed by atoms with Gasteiger partial charge in [0.2, 0.25) is 6.29 Å². The molecule has 0 spiro atoms. The van der Waals surface area contributed by atoms with Crippen molar-refractivity contribution in [3.63, 3.8) is 0 Å². The number of rotatable bonds is 3. The van der Waals surface area contributed by atoms with Crippen LogP contribution in [0.5, 0.6) is 34.5 Å². The Morgan fingerprint density at radius 1 is 0.871 bits per heavy atom. The van der Waals surface area contributed by atoms with E-state index in [0.717, 1.165) is 18.2 Å². The molecule has 1 saturated heterocycles. The quantitative estimate of drug-likeness (QED) is 0.239. The van der Waals surface area contributed by atoms with Gasteiger partial charge in [0, 0.05) is 12.1 Å². The Bertz CT molecular complexity index is 1010. The minimum absolute atomic E-state index is 0.00869. The summed E-state index contributed by atoms with van der Waals surface area (Å²) in [6.45, 7) is -0.311. The fourth-order valence-corrected chi connectivity index (χ4v) is 3.42. The van der Waals surface area contributed by atoms with Crippen molar-refractivity contribution in [2.75, 3.05) is 6.61 Å². The van der Waals surface area contributed by atoms with Crippen molar-refractivity contribution < 1.29 is 55.1 Å². The lowest BCUT2D eigenvalue weighted by atomic mass is 10.00. The van der Waals surface area contributed by atoms with E-state index in [9.17, 15) is 40.9 Å². The van der Waals surface area contributed by atoms with Crippen LogP contribution in [0.4, 0.5) is 0 Å². The number of hydrogen-bond acceptors (Lipinski definition) is 10. The third kappa shape index (κ3) is 3.75. The van der Waals surface area contributed by atoms with Crippen LogP contribution in [0.2, 0.25) is 0 Å². The second-order valence-electron chi connectivity index (χ2n) is 7.25. The zero-order chi connectivity index (χ0) is 22.4. The fraction of sp³-hybridized carbons (Fsp3) is 0.300. The van der Waals surface area contributed by atoms with Crippen LogP contribution in [-0.4, -0.2) is 76.8 Å². The van der Waals surface area contributed by atoms with E-state index < -0.39 is 48.0 Å². The number of aromatic hydroxyl groups is 6. The maximum absolute atomic E-state index is 10.2. The Labute approximate surface area is 174 Å². The predicted octanol–water partition coefficient (Wildman–Crippen LogP) is 0.00730. The summed E-state index contributed by atoms with van der Waals surface area (Å²) in [7, 11) is 0. The summed E-state index contributed by atoms with van der Waals surface area (Å²) < 4.78 is 15.4. The number of phenols is 5. The molecule has 1 unspecified atom stereocenters. The second-order valence-corrected chi connectivity index (χ2v) is 7.25. The molecule has 0 aromatic heterocycles. The summed E-state index contributed by atoms with van der Waals surface area (Å²) in [5.74, 6) is -2.38. The number of fused-ring (bicyclic) bond motifs is 1. The summed E-state index contributed by atoms with van der Waals surface area (Å²) in [5.41, 5.74) is 0.348. The summed E-state index contributed by atoms with van der Waals surface area (Å²) in [5, 5.41) is 79.1. The fourth-order valence-electron chi connectivity index (χ4n) is 3.42. The van der Waals surface area contributed by atoms with Gasteiger partial charge in [-0.15, -0.1) is 0 Å². The largest absolute Gasteiger partial charge is 0.571 e. The summed E-state index contributed by atoms with van der Waals surface area (Å²) in [6, 6.07) is 4.63. The zero-order valence-electron chi connectivity index (χ0n) is 15.8. The van der Waals surface area contributed by atoms with E-state index in [2.05, 4.69) is 4.74 Å². The van der Waals surface area contributed by atoms with Gasteiger partial charge in [0.1, 0.15) is 35.4 Å². The van der Waals surface area contributed by atoms with Gasteiger partial charge in [0.05, 0.1) is 18.2 Å². The first-order valence-electron chi connectivity index (χ1n) is 9.21. The number of hydrogen-bond donors (Lipinski definition) is 8. The van der Waals surface area contributed by atoms with Gasteiger partial charge in [0.15, 0.2) is 23.0 Å². The van der Waals surface area contributed by atoms with Crippen LogP contribution in [0, 0.1) is 0 Å². The smallest absolute Gasteiger partial charge is 0.270 e. The molecule has 2 aliphatic rings. The highest BCUT2D eigenvalue weighted by atomic mass is 16.7. The van der Waals surface area contributed by atoms with Gasteiger partial charge < -0.3 is 55.1 Å². The van der Waals surface area contributed by atoms with E-state index in [0.29, 0.717) is 0 Å². The molecular weight excluding hydrogens is 416 g/mol. The highest BCUT2D eigenvalue weighted by molar-refractivity contribution is 5.69. The Morgan fingerprint density at radius 2 is 1.55 bits per heavy atom. The summed E-state index contributed by atoms with van der Waals surface area (Å²) in [6.07, 6.45) is -5.56. The first kappa shape index (κ1) is 20.9. The predicted molar refractivity (Wildman–Crippen MR) is 102 cm³/mol. The molecule has 11 nitrogen and oxygen atoms in total. The highest BCUT2D eigenvalue weighted by Gasteiger charge is 2.42. The normalized spacial score (nSPS) is 27.7. The molecule has 2 aromatic carbocycles. The number of phenolic OH excluding ortho intramolecular Hbond substituents is 5. The monoisotopic (exact) mass is 437 g/mol. The van der Waals surface area contributed by atoms with Gasteiger partial charge in [-0.1, -0.05) is 0 Å². The van der Waals surface area contributed by atoms with Crippen LogP contribution in [0.3, 0.4) is 0 Å². The van der Waals surface area contributed by atoms with E-state index in [1.807, 2.05) is 0 Å². The molecule has 2 aromatic rings. The van der Waals surface area contributed by atoms with Crippen LogP contribution >= 0.6 is 0 Å². The van der Waals surface area contributed by atoms with E-state index >= 15 is 0 Å². The van der Waals surface area contributed by atoms with Crippen LogP contribution in [0.25, 0.3) is 6.08 Å². The molecule has 2 heterocycles. The summed E-state index contributed by atoms with van der Waals surface area (Å²) in [4.78, 5) is 0. The van der Waals surface area contributed by atoms with E-state index in [1.165, 1.54) is 12.1 Å². The lowest BCUT2D eigenvalue weighted by Crippen LogP contribution is -2.53. The van der Waals surface area contributed by atoms with Crippen molar-refractivity contribution in [3.05, 3.63) is 41.2 Å². The maximum Gasteiger partial charge on any atom is 0.270 e. The Kier molecular flexibility index (Phi) is 5.19. The van der Waals surface area contributed by atoms with Crippen molar-refractivity contribution in [2.45, 2.75) is 30.7 Å². The average molecular weight is 437 g/mol. The van der Waals surface area contributed by atoms with Gasteiger partial charge >= 0.3 is 0 Å². The highest BCUT2D eigenvalue weighted by Crippen LogP contribution is 2.47. The van der Waals surface area contributed by atoms with Crippen molar-refractivity contribution in [2.24, 2.45) is 0 Å². The Morgan fingerprint density at radius 3 is 2.23 bits per heavy atom. The molecule has 31 heavy (non-hydrogen) atoms. The van der Waals surface area contributed by atoms with Crippen molar-refractivity contribution >= 4 is 6.08 Å². The third-order valence-corrected chi connectivity index (χ3v) is 5.06. The molecule has 0 radical (unpaired) electrons. The molecule has 2 aliphatic heterocycles. The molecule has 0 bridgehead atoms.